The molecule has 1 aromatic carbocycles. The minimum atomic E-state index is -0.297. The third kappa shape index (κ3) is 5.07. The van der Waals surface area contributed by atoms with E-state index in [2.05, 4.69) is 23.6 Å². The smallest absolute Gasteiger partial charge is 0.257 e. The Labute approximate surface area is 180 Å². The molecule has 160 valence electrons. The first-order chi connectivity index (χ1) is 14.4. The van der Waals surface area contributed by atoms with Crippen LogP contribution in [0.15, 0.2) is 47.1 Å². The first-order valence-corrected chi connectivity index (χ1v) is 10.5. The summed E-state index contributed by atoms with van der Waals surface area (Å²) in [7, 11) is 3.25. The number of aromatic hydroxyl groups is 1. The average molecular weight is 430 g/mol. The van der Waals surface area contributed by atoms with Crippen molar-refractivity contribution in [1.29, 1.82) is 0 Å². The van der Waals surface area contributed by atoms with Crippen molar-refractivity contribution in [2.75, 3.05) is 19.4 Å². The van der Waals surface area contributed by atoms with Gasteiger partial charge in [0.25, 0.3) is 5.91 Å². The van der Waals surface area contributed by atoms with Crippen molar-refractivity contribution in [3.05, 3.63) is 57.5 Å². The zero-order valence-electron chi connectivity index (χ0n) is 17.4. The van der Waals surface area contributed by atoms with E-state index in [0.717, 1.165) is 18.5 Å². The number of benzene rings is 1. The van der Waals surface area contributed by atoms with Crippen LogP contribution >= 0.6 is 11.3 Å². The molecule has 1 atom stereocenters. The average Bonchev–Trinajstić information content (AvgIpc) is 3.27. The van der Waals surface area contributed by atoms with E-state index >= 15 is 0 Å². The van der Waals surface area contributed by atoms with Crippen LogP contribution in [0.25, 0.3) is 0 Å². The highest BCUT2D eigenvalue weighted by Crippen LogP contribution is 2.34. The highest BCUT2D eigenvalue weighted by molar-refractivity contribution is 7.10. The van der Waals surface area contributed by atoms with Gasteiger partial charge in [-0.3, -0.25) is 9.59 Å². The fourth-order valence-corrected chi connectivity index (χ4v) is 3.95. The van der Waals surface area contributed by atoms with Crippen LogP contribution in [0, 0.1) is 0 Å². The van der Waals surface area contributed by atoms with Gasteiger partial charge in [0.05, 0.1) is 23.7 Å². The molecule has 0 aliphatic heterocycles. The van der Waals surface area contributed by atoms with Crippen molar-refractivity contribution in [3.63, 3.8) is 0 Å². The SMILES string of the molecule is C=O.CCCC(NC1=C(Nc2cccc(C(=O)N(C)C)c2O)C(=O)C1)c1cccs1. The molecule has 0 saturated heterocycles. The molecule has 1 amide bonds. The Morgan fingerprint density at radius 1 is 1.27 bits per heavy atom. The summed E-state index contributed by atoms with van der Waals surface area (Å²) < 4.78 is 0. The molecule has 1 aliphatic rings. The van der Waals surface area contributed by atoms with Crippen LogP contribution in [0.4, 0.5) is 5.69 Å². The van der Waals surface area contributed by atoms with Crippen molar-refractivity contribution in [3.8, 4) is 5.75 Å². The van der Waals surface area contributed by atoms with Crippen molar-refractivity contribution in [2.45, 2.75) is 32.2 Å². The van der Waals surface area contributed by atoms with Gasteiger partial charge < -0.3 is 25.4 Å². The van der Waals surface area contributed by atoms with Crippen LogP contribution < -0.4 is 10.6 Å². The number of thiophene rings is 1. The van der Waals surface area contributed by atoms with Gasteiger partial charge in [0, 0.05) is 24.7 Å². The molecule has 0 radical (unpaired) electrons. The minimum absolute atomic E-state index is 0.0207. The molecule has 0 saturated carbocycles. The summed E-state index contributed by atoms with van der Waals surface area (Å²) in [6, 6.07) is 9.17. The molecule has 1 aliphatic carbocycles. The molecule has 0 bridgehead atoms. The molecule has 8 heteroatoms. The Kier molecular flexibility index (Phi) is 8.17. The molecule has 7 nitrogen and oxygen atoms in total. The zero-order chi connectivity index (χ0) is 22.3. The summed E-state index contributed by atoms with van der Waals surface area (Å²) in [5.74, 6) is -0.474. The van der Waals surface area contributed by atoms with Crippen molar-refractivity contribution < 1.29 is 19.5 Å². The molecule has 2 aromatic rings. The zero-order valence-corrected chi connectivity index (χ0v) is 18.2. The van der Waals surface area contributed by atoms with Crippen molar-refractivity contribution in [2.24, 2.45) is 0 Å². The number of carbonyl (C=O) groups is 3. The molecule has 30 heavy (non-hydrogen) atoms. The maximum Gasteiger partial charge on any atom is 0.257 e. The van der Waals surface area contributed by atoms with Crippen molar-refractivity contribution in [1.82, 2.24) is 10.2 Å². The number of rotatable bonds is 8. The molecular weight excluding hydrogens is 402 g/mol. The lowest BCUT2D eigenvalue weighted by molar-refractivity contribution is -0.116. The molecule has 3 N–H and O–H groups in total. The van der Waals surface area contributed by atoms with Crippen LogP contribution in [-0.4, -0.2) is 42.6 Å². The predicted molar refractivity (Wildman–Crippen MR) is 119 cm³/mol. The van der Waals surface area contributed by atoms with Crippen LogP contribution in [0.3, 0.4) is 0 Å². The summed E-state index contributed by atoms with van der Waals surface area (Å²) in [4.78, 5) is 35.0. The number of ketones is 1. The lowest BCUT2D eigenvalue weighted by atomic mass is 9.96. The Hall–Kier alpha value is -3.13. The second-order valence-electron chi connectivity index (χ2n) is 6.98. The number of hydrogen-bond donors (Lipinski definition) is 3. The molecule has 0 fully saturated rings. The number of amides is 1. The van der Waals surface area contributed by atoms with Gasteiger partial charge in [-0.15, -0.1) is 11.3 Å². The van der Waals surface area contributed by atoms with Gasteiger partial charge in [0.1, 0.15) is 12.5 Å². The fraction of sp³-hybridized carbons (Fsp3) is 0.318. The minimum Gasteiger partial charge on any atom is -0.505 e. The van der Waals surface area contributed by atoms with Crippen LogP contribution in [0.5, 0.6) is 5.75 Å². The van der Waals surface area contributed by atoms with E-state index in [0.29, 0.717) is 17.8 Å². The van der Waals surface area contributed by atoms with E-state index < -0.39 is 0 Å². The van der Waals surface area contributed by atoms with Crippen LogP contribution in [0.2, 0.25) is 0 Å². The second kappa shape index (κ2) is 10.6. The van der Waals surface area contributed by atoms with Crippen LogP contribution in [-0.2, 0) is 9.59 Å². The fourth-order valence-electron chi connectivity index (χ4n) is 3.13. The number of allylic oxidation sites excluding steroid dienone is 2. The topological polar surface area (TPSA) is 98.7 Å². The van der Waals surface area contributed by atoms with Gasteiger partial charge >= 0.3 is 0 Å². The number of anilines is 1. The first-order valence-electron chi connectivity index (χ1n) is 9.58. The third-order valence-corrected chi connectivity index (χ3v) is 5.65. The number of hydrogen-bond acceptors (Lipinski definition) is 7. The highest BCUT2D eigenvalue weighted by atomic mass is 32.1. The monoisotopic (exact) mass is 429 g/mol. The second-order valence-corrected chi connectivity index (χ2v) is 7.96. The number of para-hydroxylation sites is 1. The maximum atomic E-state index is 12.2. The van der Waals surface area contributed by atoms with E-state index in [-0.39, 0.29) is 29.0 Å². The van der Waals surface area contributed by atoms with Gasteiger partial charge in [-0.1, -0.05) is 25.5 Å². The van der Waals surface area contributed by atoms with Crippen molar-refractivity contribution >= 4 is 35.5 Å². The van der Waals surface area contributed by atoms with E-state index in [1.807, 2.05) is 18.2 Å². The molecule has 3 rings (SSSR count). The van der Waals surface area contributed by atoms with E-state index in [9.17, 15) is 14.7 Å². The largest absolute Gasteiger partial charge is 0.505 e. The molecule has 1 unspecified atom stereocenters. The number of nitrogens with one attached hydrogen (secondary N) is 2. The van der Waals surface area contributed by atoms with E-state index in [1.54, 1.807) is 43.6 Å². The molecule has 0 spiro atoms. The highest BCUT2D eigenvalue weighted by Gasteiger charge is 2.30. The van der Waals surface area contributed by atoms with E-state index in [4.69, 9.17) is 4.79 Å². The number of carbonyl (C=O) groups excluding carboxylic acids is 3. The third-order valence-electron chi connectivity index (χ3n) is 4.66. The quantitative estimate of drug-likeness (QED) is 0.554. The molecular formula is C22H27N3O4S. The molecule has 1 aromatic heterocycles. The van der Waals surface area contributed by atoms with Gasteiger partial charge in [0.2, 0.25) is 0 Å². The number of Topliss-reactive ketones (excluding diaryl/α,β-unsaturated/α-hetero) is 1. The van der Waals surface area contributed by atoms with Crippen LogP contribution in [0.1, 0.15) is 47.5 Å². The Morgan fingerprint density at radius 2 is 2.00 bits per heavy atom. The van der Waals surface area contributed by atoms with Gasteiger partial charge in [0.15, 0.2) is 11.5 Å². The summed E-state index contributed by atoms with van der Waals surface area (Å²) in [5.41, 5.74) is 1.82. The van der Waals surface area contributed by atoms with Gasteiger partial charge in [-0.05, 0) is 30.0 Å². The lowest BCUT2D eigenvalue weighted by Crippen LogP contribution is -2.34. The summed E-state index contributed by atoms with van der Waals surface area (Å²) >= 11 is 1.69. The molecule has 1 heterocycles. The standard InChI is InChI=1S/C21H25N3O3S.CH2O/c1-4-7-14(18-10-6-11-28-18)22-16-12-17(25)19(16)23-15-9-5-8-13(20(15)26)21(27)24(2)3;1-2/h5-6,8-11,14,22-23,26H,4,7,12H2,1-3H3;1H2. The number of phenols is 1. The maximum absolute atomic E-state index is 12.2. The number of nitrogens with zero attached hydrogens (tertiary/aromatic N) is 1. The normalized spacial score (nSPS) is 13.6. The summed E-state index contributed by atoms with van der Waals surface area (Å²) in [6.07, 6.45) is 2.32. The number of phenolic OH excluding ortho intramolecular Hbond substituents is 1. The summed E-state index contributed by atoms with van der Waals surface area (Å²) in [5, 5.41) is 19.1. The predicted octanol–water partition coefficient (Wildman–Crippen LogP) is 3.70. The Morgan fingerprint density at radius 3 is 2.57 bits per heavy atom. The summed E-state index contributed by atoms with van der Waals surface area (Å²) in [6.45, 7) is 4.13. The van der Waals surface area contributed by atoms with Gasteiger partial charge in [-0.2, -0.15) is 0 Å². The Balaban J connectivity index is 0.00000155. The van der Waals surface area contributed by atoms with Gasteiger partial charge in [-0.25, -0.2) is 0 Å². The van der Waals surface area contributed by atoms with E-state index in [1.165, 1.54) is 9.78 Å². The first kappa shape index (κ1) is 23.2. The lowest BCUT2D eigenvalue weighted by Gasteiger charge is -2.29. The Bertz CT molecular complexity index is 922.